The van der Waals surface area contributed by atoms with Gasteiger partial charge in [-0.05, 0) is 6.42 Å². The van der Waals surface area contributed by atoms with E-state index in [0.717, 1.165) is 0 Å². The van der Waals surface area contributed by atoms with Crippen molar-refractivity contribution in [3.05, 3.63) is 42.3 Å². The third-order valence-electron chi connectivity index (χ3n) is 1.42. The Kier molecular flexibility index (Phi) is 5.32. The summed E-state index contributed by atoms with van der Waals surface area (Å²) in [6, 6.07) is 9.06. The van der Waals surface area contributed by atoms with Crippen LogP contribution in [0.3, 0.4) is 0 Å². The second-order valence-corrected chi connectivity index (χ2v) is 2.54. The number of rotatable bonds is 3. The van der Waals surface area contributed by atoms with Gasteiger partial charge in [0.05, 0.1) is 0 Å². The summed E-state index contributed by atoms with van der Waals surface area (Å²) in [5, 5.41) is 0. The Morgan fingerprint density at radius 3 is 2.15 bits per heavy atom. The second-order valence-electron chi connectivity index (χ2n) is 2.54. The van der Waals surface area contributed by atoms with Gasteiger partial charge in [-0.15, -0.1) is 12.1 Å². The summed E-state index contributed by atoms with van der Waals surface area (Å²) in [4.78, 5) is 18.2. The van der Waals surface area contributed by atoms with Gasteiger partial charge in [-0.3, -0.25) is 4.79 Å². The first-order chi connectivity index (χ1) is 5.70. The zero-order valence-corrected chi connectivity index (χ0v) is 9.27. The molecule has 0 radical (unpaired) electrons. The van der Waals surface area contributed by atoms with Gasteiger partial charge < -0.3 is 4.79 Å². The van der Waals surface area contributed by atoms with Gasteiger partial charge in [0, 0.05) is 28.0 Å². The fraction of sp³-hybridized carbons (Fsp3) is 0.100. The molecule has 0 fully saturated rings. The molecule has 1 aromatic carbocycles. The number of ketones is 2. The van der Waals surface area contributed by atoms with Crippen molar-refractivity contribution in [2.45, 2.75) is 6.92 Å². The molecule has 2 N–H and O–H groups in total. The van der Waals surface area contributed by atoms with Crippen molar-refractivity contribution in [3.8, 4) is 0 Å². The molecule has 0 unspecified atom stereocenters. The summed E-state index contributed by atoms with van der Waals surface area (Å²) in [6.07, 6.45) is 1.31. The molecule has 0 saturated carbocycles. The van der Waals surface area contributed by atoms with Crippen LogP contribution in [0.4, 0.5) is 0 Å². The first-order valence-corrected chi connectivity index (χ1v) is 3.69. The Labute approximate surface area is 91.6 Å². The van der Waals surface area contributed by atoms with Crippen LogP contribution >= 0.6 is 0 Å². The summed E-state index contributed by atoms with van der Waals surface area (Å²) in [5.74, 6) is 0.173. The topological polar surface area (TPSA) is 42.8 Å². The van der Waals surface area contributed by atoms with Gasteiger partial charge in [0.1, 0.15) is 0 Å². The van der Waals surface area contributed by atoms with Crippen LogP contribution in [0.5, 0.6) is 0 Å². The van der Waals surface area contributed by atoms with Crippen LogP contribution in [0.25, 0.3) is 0 Å². The van der Waals surface area contributed by atoms with E-state index < -0.39 is 0 Å². The molecular weight excluding hydrogens is 248 g/mol. The Morgan fingerprint density at radius 1 is 1.15 bits per heavy atom. The van der Waals surface area contributed by atoms with Crippen molar-refractivity contribution >= 4 is 11.6 Å². The minimum Gasteiger partial charge on any atom is -0.313 e. The van der Waals surface area contributed by atoms with Crippen molar-refractivity contribution in [2.75, 3.05) is 0 Å². The van der Waals surface area contributed by atoms with E-state index in [1.165, 1.54) is 13.3 Å². The summed E-state index contributed by atoms with van der Waals surface area (Å²) in [6.45, 7) is 1.51. The van der Waals surface area contributed by atoms with Crippen LogP contribution in [-0.4, -0.2) is 21.2 Å². The van der Waals surface area contributed by atoms with Gasteiger partial charge >= 0.3 is 0 Å². The van der Waals surface area contributed by atoms with Crippen LogP contribution < -0.4 is 0 Å². The van der Waals surface area contributed by atoms with E-state index in [-0.39, 0.29) is 32.6 Å². The van der Waals surface area contributed by atoms with E-state index in [4.69, 9.17) is 4.79 Å². The molecule has 0 aromatic heterocycles. The molecule has 0 aliphatic heterocycles. The molecule has 68 valence electrons. The van der Waals surface area contributed by atoms with Crippen LogP contribution in [0.2, 0.25) is 0 Å². The molecule has 1 aromatic rings. The molecular formula is C10H11MoO2+. The minimum absolute atomic E-state index is 0. The third-order valence-corrected chi connectivity index (χ3v) is 1.42. The molecule has 0 aliphatic rings. The number of hydrogen-bond acceptors (Lipinski definition) is 0. The molecule has 0 saturated heterocycles. The number of carbonyl (C=O) groups excluding carboxylic acids is 2. The Hall–Kier alpha value is -0.882. The molecule has 0 spiro atoms. The fourth-order valence-corrected chi connectivity index (χ4v) is 0.890. The summed E-state index contributed by atoms with van der Waals surface area (Å²) in [5.41, 5.74) is 0.700. The normalized spacial score (nSPS) is 8.38. The largest absolute Gasteiger partial charge is 0.313 e. The smallest absolute Gasteiger partial charge is 0.247 e. The molecule has 13 heavy (non-hydrogen) atoms. The average molecular weight is 259 g/mol. The van der Waals surface area contributed by atoms with Gasteiger partial charge in [-0.1, -0.05) is 23.8 Å². The van der Waals surface area contributed by atoms with E-state index in [9.17, 15) is 4.79 Å². The zero-order valence-electron chi connectivity index (χ0n) is 7.27. The Balaban J connectivity index is 0.00000144. The van der Waals surface area contributed by atoms with Crippen molar-refractivity contribution in [1.82, 2.24) is 0 Å². The zero-order chi connectivity index (χ0) is 8.97. The van der Waals surface area contributed by atoms with Gasteiger partial charge in [-0.2, -0.15) is 0 Å². The quantitative estimate of drug-likeness (QED) is 0.258. The SMILES string of the molecule is CC(=[OH+])[CH-]C(=[OH+])c1ccccc1.[Mo]. The van der Waals surface area contributed by atoms with Crippen LogP contribution in [0.1, 0.15) is 12.5 Å². The molecule has 0 bridgehead atoms. The van der Waals surface area contributed by atoms with Gasteiger partial charge in [-0.25, -0.2) is 0 Å². The van der Waals surface area contributed by atoms with Gasteiger partial charge in [0.25, 0.3) is 0 Å². The van der Waals surface area contributed by atoms with E-state index in [1.54, 1.807) is 12.1 Å². The maximum absolute atomic E-state index is 9.37. The van der Waals surface area contributed by atoms with Crippen LogP contribution in [-0.2, 0) is 21.1 Å². The van der Waals surface area contributed by atoms with E-state index in [0.29, 0.717) is 5.56 Å². The van der Waals surface area contributed by atoms with E-state index in [2.05, 4.69) is 0 Å². The predicted octanol–water partition coefficient (Wildman–Crippen LogP) is 1.35. The second kappa shape index (κ2) is 5.71. The third kappa shape index (κ3) is 4.04. The van der Waals surface area contributed by atoms with Crippen molar-refractivity contribution in [2.24, 2.45) is 0 Å². The Morgan fingerprint density at radius 2 is 1.69 bits per heavy atom. The monoisotopic (exact) mass is 261 g/mol. The molecule has 0 amide bonds. The molecule has 0 heterocycles. The van der Waals surface area contributed by atoms with Gasteiger partial charge in [0.15, 0.2) is 0 Å². The predicted molar refractivity (Wildman–Crippen MR) is 49.4 cm³/mol. The number of benzene rings is 1. The first kappa shape index (κ1) is 12.1. The summed E-state index contributed by atoms with van der Waals surface area (Å²) < 4.78 is 0. The first-order valence-electron chi connectivity index (χ1n) is 3.69. The van der Waals surface area contributed by atoms with E-state index >= 15 is 0 Å². The van der Waals surface area contributed by atoms with Gasteiger partial charge in [0.2, 0.25) is 11.6 Å². The average Bonchev–Trinajstić information content (AvgIpc) is 2.05. The maximum Gasteiger partial charge on any atom is 0.247 e. The van der Waals surface area contributed by atoms with E-state index in [1.807, 2.05) is 18.2 Å². The van der Waals surface area contributed by atoms with Crippen LogP contribution in [0, 0.1) is 6.42 Å². The summed E-state index contributed by atoms with van der Waals surface area (Å²) >= 11 is 0. The van der Waals surface area contributed by atoms with Crippen molar-refractivity contribution in [3.63, 3.8) is 0 Å². The molecule has 0 atom stereocenters. The van der Waals surface area contributed by atoms with Crippen molar-refractivity contribution in [1.29, 1.82) is 0 Å². The molecule has 0 aliphatic carbocycles. The molecule has 1 rings (SSSR count). The van der Waals surface area contributed by atoms with Crippen LogP contribution in [0.15, 0.2) is 30.3 Å². The molecule has 2 nitrogen and oxygen atoms in total. The standard InChI is InChI=1S/C10H9O2.Mo/c1-8(11)7-10(12)9-5-3-2-4-6-9;/h2-7H,1H3;/q-1;/p+2. The molecule has 3 heteroatoms. The number of hydrogen-bond donors (Lipinski definition) is 0. The summed E-state index contributed by atoms with van der Waals surface area (Å²) in [7, 11) is 0. The Bertz CT molecular complexity index is 293. The minimum atomic E-state index is 0. The van der Waals surface area contributed by atoms with Crippen molar-refractivity contribution < 1.29 is 30.7 Å². The maximum atomic E-state index is 9.37. The fourth-order valence-electron chi connectivity index (χ4n) is 0.890.